The normalized spacial score (nSPS) is 11.8. The van der Waals surface area contributed by atoms with Crippen LogP contribution in [0.25, 0.3) is 0 Å². The Balaban J connectivity index is 2.06. The van der Waals surface area contributed by atoms with Crippen LogP contribution in [0.4, 0.5) is 0 Å². The second-order valence-corrected chi connectivity index (χ2v) is 4.68. The highest BCUT2D eigenvalue weighted by Crippen LogP contribution is 2.14. The van der Waals surface area contributed by atoms with Crippen molar-refractivity contribution in [2.45, 2.75) is 13.0 Å². The van der Waals surface area contributed by atoms with Crippen molar-refractivity contribution in [3.63, 3.8) is 0 Å². The molecule has 98 valence electrons. The summed E-state index contributed by atoms with van der Waals surface area (Å²) in [6.07, 6.45) is 3.31. The van der Waals surface area contributed by atoms with E-state index < -0.39 is 11.9 Å². The van der Waals surface area contributed by atoms with Crippen LogP contribution < -0.4 is 5.32 Å². The molecule has 1 amide bonds. The zero-order chi connectivity index (χ0) is 13.8. The van der Waals surface area contributed by atoms with Crippen LogP contribution in [0.3, 0.4) is 0 Å². The van der Waals surface area contributed by atoms with Crippen molar-refractivity contribution in [1.29, 1.82) is 0 Å². The molecule has 0 aliphatic heterocycles. The van der Waals surface area contributed by atoms with E-state index in [-0.39, 0.29) is 16.7 Å². The molecule has 0 aliphatic rings. The quantitative estimate of drug-likeness (QED) is 0.887. The van der Waals surface area contributed by atoms with E-state index >= 15 is 0 Å². The summed E-state index contributed by atoms with van der Waals surface area (Å²) in [7, 11) is 0. The fraction of sp³-hybridized carbons (Fsp3) is 0.167. The Morgan fingerprint density at radius 1 is 1.47 bits per heavy atom. The maximum atomic E-state index is 11.9. The molecule has 0 radical (unpaired) electrons. The van der Waals surface area contributed by atoms with Crippen LogP contribution in [-0.2, 0) is 0 Å². The van der Waals surface area contributed by atoms with Gasteiger partial charge in [-0.1, -0.05) is 6.07 Å². The summed E-state index contributed by atoms with van der Waals surface area (Å²) >= 11 is 1.00. The molecule has 0 saturated carbocycles. The predicted molar refractivity (Wildman–Crippen MR) is 69.2 cm³/mol. The first-order valence-electron chi connectivity index (χ1n) is 5.47. The minimum absolute atomic E-state index is 0.121. The van der Waals surface area contributed by atoms with Crippen LogP contribution in [-0.4, -0.2) is 27.0 Å². The molecule has 19 heavy (non-hydrogen) atoms. The van der Waals surface area contributed by atoms with E-state index in [2.05, 4.69) is 15.3 Å². The molecule has 0 fully saturated rings. The van der Waals surface area contributed by atoms with Crippen molar-refractivity contribution in [3.8, 4) is 0 Å². The lowest BCUT2D eigenvalue weighted by Crippen LogP contribution is -2.26. The number of aromatic carboxylic acids is 1. The molecule has 1 atom stereocenters. The summed E-state index contributed by atoms with van der Waals surface area (Å²) in [5, 5.41) is 13.0. The standard InChI is InChI=1S/C12H11N3O3S/c1-7(8-3-2-4-13-5-8)14-10(16)11-15-9(6-19-11)12(17)18/h2-7H,1H3,(H,14,16)(H,17,18). The number of thiazole rings is 1. The lowest BCUT2D eigenvalue weighted by Gasteiger charge is -2.12. The number of rotatable bonds is 4. The van der Waals surface area contributed by atoms with E-state index in [0.717, 1.165) is 16.9 Å². The molecule has 0 spiro atoms. The number of pyridine rings is 1. The van der Waals surface area contributed by atoms with Crippen LogP contribution >= 0.6 is 11.3 Å². The average molecular weight is 277 g/mol. The number of carbonyl (C=O) groups is 2. The molecule has 6 nitrogen and oxygen atoms in total. The van der Waals surface area contributed by atoms with E-state index in [9.17, 15) is 9.59 Å². The smallest absolute Gasteiger partial charge is 0.355 e. The number of amides is 1. The Bertz CT molecular complexity index is 597. The van der Waals surface area contributed by atoms with Gasteiger partial charge in [-0.15, -0.1) is 11.3 Å². The molecule has 0 aromatic carbocycles. The Hall–Kier alpha value is -2.28. The number of carbonyl (C=O) groups excluding carboxylic acids is 1. The van der Waals surface area contributed by atoms with Crippen molar-refractivity contribution in [2.75, 3.05) is 0 Å². The van der Waals surface area contributed by atoms with Crippen molar-refractivity contribution in [1.82, 2.24) is 15.3 Å². The fourth-order valence-corrected chi connectivity index (χ4v) is 2.14. The molecular formula is C12H11N3O3S. The van der Waals surface area contributed by atoms with Crippen LogP contribution in [0.1, 0.15) is 38.8 Å². The molecule has 2 N–H and O–H groups in total. The van der Waals surface area contributed by atoms with Gasteiger partial charge in [0.05, 0.1) is 6.04 Å². The van der Waals surface area contributed by atoms with Crippen LogP contribution in [0, 0.1) is 0 Å². The number of aromatic nitrogens is 2. The van der Waals surface area contributed by atoms with Crippen LogP contribution in [0.2, 0.25) is 0 Å². The zero-order valence-electron chi connectivity index (χ0n) is 10.0. The minimum Gasteiger partial charge on any atom is -0.476 e. The molecule has 2 aromatic heterocycles. The average Bonchev–Trinajstić information content (AvgIpc) is 2.89. The van der Waals surface area contributed by atoms with Gasteiger partial charge in [0.25, 0.3) is 5.91 Å². The van der Waals surface area contributed by atoms with E-state index in [1.54, 1.807) is 18.5 Å². The lowest BCUT2D eigenvalue weighted by molar-refractivity contribution is 0.0691. The van der Waals surface area contributed by atoms with Crippen molar-refractivity contribution in [2.24, 2.45) is 0 Å². The summed E-state index contributed by atoms with van der Waals surface area (Å²) in [6, 6.07) is 3.41. The number of nitrogens with one attached hydrogen (secondary N) is 1. The van der Waals surface area contributed by atoms with Crippen molar-refractivity contribution in [3.05, 3.63) is 46.2 Å². The van der Waals surface area contributed by atoms with Gasteiger partial charge >= 0.3 is 5.97 Å². The van der Waals surface area contributed by atoms with Gasteiger partial charge in [0, 0.05) is 17.8 Å². The van der Waals surface area contributed by atoms with E-state index in [1.807, 2.05) is 13.0 Å². The molecule has 0 aliphatic carbocycles. The number of carboxylic acid groups (broad SMARTS) is 1. The second kappa shape index (κ2) is 5.57. The molecule has 0 saturated heterocycles. The van der Waals surface area contributed by atoms with E-state index in [1.165, 1.54) is 5.38 Å². The topological polar surface area (TPSA) is 92.2 Å². The summed E-state index contributed by atoms with van der Waals surface area (Å²) in [5.41, 5.74) is 0.745. The largest absolute Gasteiger partial charge is 0.476 e. The van der Waals surface area contributed by atoms with Gasteiger partial charge in [-0.25, -0.2) is 9.78 Å². The molecule has 2 rings (SSSR count). The first-order valence-corrected chi connectivity index (χ1v) is 6.35. The monoisotopic (exact) mass is 277 g/mol. The molecule has 1 unspecified atom stereocenters. The van der Waals surface area contributed by atoms with Gasteiger partial charge in [-0.3, -0.25) is 9.78 Å². The third-order valence-corrected chi connectivity index (χ3v) is 3.29. The number of nitrogens with zero attached hydrogens (tertiary/aromatic N) is 2. The number of carboxylic acids is 1. The maximum Gasteiger partial charge on any atom is 0.355 e. The Morgan fingerprint density at radius 3 is 2.84 bits per heavy atom. The molecule has 2 heterocycles. The maximum absolute atomic E-state index is 11.9. The van der Waals surface area contributed by atoms with E-state index in [0.29, 0.717) is 0 Å². The van der Waals surface area contributed by atoms with Crippen molar-refractivity contribution >= 4 is 23.2 Å². The van der Waals surface area contributed by atoms with Gasteiger partial charge in [-0.2, -0.15) is 0 Å². The molecule has 7 heteroatoms. The lowest BCUT2D eigenvalue weighted by atomic mass is 10.1. The number of hydrogen-bond donors (Lipinski definition) is 2. The van der Waals surface area contributed by atoms with E-state index in [4.69, 9.17) is 5.11 Å². The number of hydrogen-bond acceptors (Lipinski definition) is 5. The second-order valence-electron chi connectivity index (χ2n) is 3.82. The third-order valence-electron chi connectivity index (χ3n) is 2.45. The highest BCUT2D eigenvalue weighted by atomic mass is 32.1. The highest BCUT2D eigenvalue weighted by molar-refractivity contribution is 7.11. The van der Waals surface area contributed by atoms with Gasteiger partial charge in [0.15, 0.2) is 10.7 Å². The SMILES string of the molecule is CC(NC(=O)c1nc(C(=O)O)cs1)c1cccnc1. The highest BCUT2D eigenvalue weighted by Gasteiger charge is 2.17. The van der Waals surface area contributed by atoms with Gasteiger partial charge < -0.3 is 10.4 Å². The van der Waals surface area contributed by atoms with Gasteiger partial charge in [-0.05, 0) is 18.6 Å². The Kier molecular flexibility index (Phi) is 3.86. The summed E-state index contributed by atoms with van der Waals surface area (Å²) in [5.74, 6) is -1.54. The van der Waals surface area contributed by atoms with Gasteiger partial charge in [0.1, 0.15) is 0 Å². The van der Waals surface area contributed by atoms with Crippen LogP contribution in [0.15, 0.2) is 29.9 Å². The summed E-state index contributed by atoms with van der Waals surface area (Å²) in [6.45, 7) is 1.82. The van der Waals surface area contributed by atoms with Gasteiger partial charge in [0.2, 0.25) is 0 Å². The molecule has 2 aromatic rings. The molecular weight excluding hydrogens is 266 g/mol. The molecule has 0 bridgehead atoms. The first-order chi connectivity index (χ1) is 9.08. The minimum atomic E-state index is -1.14. The summed E-state index contributed by atoms with van der Waals surface area (Å²) in [4.78, 5) is 30.3. The Labute approximate surface area is 113 Å². The Morgan fingerprint density at radius 2 is 2.26 bits per heavy atom. The predicted octanol–water partition coefficient (Wildman–Crippen LogP) is 1.73. The summed E-state index contributed by atoms with van der Waals surface area (Å²) < 4.78 is 0. The first kappa shape index (κ1) is 13.2. The van der Waals surface area contributed by atoms with Crippen molar-refractivity contribution < 1.29 is 14.7 Å². The zero-order valence-corrected chi connectivity index (χ0v) is 10.8. The third kappa shape index (κ3) is 3.14. The van der Waals surface area contributed by atoms with Crippen LogP contribution in [0.5, 0.6) is 0 Å². The fourth-order valence-electron chi connectivity index (χ4n) is 1.45.